The molecule has 0 atom stereocenters. The Morgan fingerprint density at radius 3 is 2.42 bits per heavy atom. The third kappa shape index (κ3) is 5.27. The molecule has 0 radical (unpaired) electrons. The van der Waals surface area contributed by atoms with Crippen LogP contribution in [0.25, 0.3) is 10.9 Å². The number of nitrogens with one attached hydrogen (secondary N) is 1. The van der Waals surface area contributed by atoms with Crippen molar-refractivity contribution >= 4 is 34.5 Å². The molecule has 2 amide bonds. The molecule has 1 heterocycles. The van der Waals surface area contributed by atoms with Crippen LogP contribution in [0.5, 0.6) is 0 Å². The lowest BCUT2D eigenvalue weighted by molar-refractivity contribution is -0.131. The van der Waals surface area contributed by atoms with Crippen LogP contribution < -0.4 is 5.32 Å². The molecule has 0 aliphatic heterocycles. The van der Waals surface area contributed by atoms with Gasteiger partial charge >= 0.3 is 0 Å². The van der Waals surface area contributed by atoms with E-state index in [2.05, 4.69) is 5.32 Å². The van der Waals surface area contributed by atoms with Crippen molar-refractivity contribution in [1.29, 1.82) is 0 Å². The van der Waals surface area contributed by atoms with Crippen molar-refractivity contribution in [3.63, 3.8) is 0 Å². The minimum absolute atomic E-state index is 0.0125. The first kappa shape index (κ1) is 20.4. The van der Waals surface area contributed by atoms with Crippen LogP contribution in [0.4, 0.5) is 0 Å². The Morgan fingerprint density at radius 1 is 1.15 bits per heavy atom. The molecular weight excluding hydrogens is 346 g/mol. The summed E-state index contributed by atoms with van der Waals surface area (Å²) in [5, 5.41) is 4.06. The number of carbonyl (C=O) groups excluding carboxylic acids is 2. The van der Waals surface area contributed by atoms with Gasteiger partial charge in [-0.3, -0.25) is 9.59 Å². The van der Waals surface area contributed by atoms with E-state index >= 15 is 0 Å². The zero-order valence-electron chi connectivity index (χ0n) is 16.3. The van der Waals surface area contributed by atoms with Gasteiger partial charge in [0.2, 0.25) is 11.8 Å². The zero-order valence-corrected chi connectivity index (χ0v) is 17.2. The summed E-state index contributed by atoms with van der Waals surface area (Å²) in [7, 11) is 0. The van der Waals surface area contributed by atoms with Gasteiger partial charge < -0.3 is 14.8 Å². The molecule has 0 spiro atoms. The number of aromatic nitrogens is 1. The number of nitrogens with zero attached hydrogens (tertiary/aromatic N) is 2. The Balaban J connectivity index is 2.18. The Morgan fingerprint density at radius 2 is 1.81 bits per heavy atom. The highest BCUT2D eigenvalue weighted by molar-refractivity contribution is 8.00. The van der Waals surface area contributed by atoms with E-state index in [1.165, 1.54) is 11.8 Å². The fraction of sp³-hybridized carbons (Fsp3) is 0.500. The normalized spacial score (nSPS) is 11.6. The lowest BCUT2D eigenvalue weighted by Gasteiger charge is -2.20. The Kier molecular flexibility index (Phi) is 6.75. The number of carbonyl (C=O) groups is 2. The Hall–Kier alpha value is -1.95. The van der Waals surface area contributed by atoms with Crippen LogP contribution in [0, 0.1) is 0 Å². The maximum absolute atomic E-state index is 12.5. The molecule has 6 heteroatoms. The van der Waals surface area contributed by atoms with Crippen LogP contribution in [-0.4, -0.2) is 45.7 Å². The van der Waals surface area contributed by atoms with Gasteiger partial charge in [-0.2, -0.15) is 0 Å². The van der Waals surface area contributed by atoms with E-state index in [1.54, 1.807) is 0 Å². The number of para-hydroxylation sites is 1. The van der Waals surface area contributed by atoms with Crippen molar-refractivity contribution in [1.82, 2.24) is 14.8 Å². The fourth-order valence-corrected chi connectivity index (χ4v) is 3.77. The van der Waals surface area contributed by atoms with Gasteiger partial charge in [0.25, 0.3) is 0 Å². The number of hydrogen-bond acceptors (Lipinski definition) is 3. The van der Waals surface area contributed by atoms with Gasteiger partial charge in [0.15, 0.2) is 0 Å². The monoisotopic (exact) mass is 375 g/mol. The van der Waals surface area contributed by atoms with Crippen LogP contribution >= 0.6 is 11.8 Å². The highest BCUT2D eigenvalue weighted by atomic mass is 32.2. The summed E-state index contributed by atoms with van der Waals surface area (Å²) in [5.74, 6) is 0.478. The van der Waals surface area contributed by atoms with E-state index < -0.39 is 0 Å². The topological polar surface area (TPSA) is 54.3 Å². The summed E-state index contributed by atoms with van der Waals surface area (Å²) >= 11 is 1.51. The number of thioether (sulfide) groups is 1. The highest BCUT2D eigenvalue weighted by Crippen LogP contribution is 2.30. The quantitative estimate of drug-likeness (QED) is 0.754. The molecule has 0 aliphatic rings. The SMILES string of the molecule is CCN(CC)C(=O)Cn1cc(SCC(=O)NC(C)(C)C)c2ccccc21. The molecule has 0 saturated carbocycles. The van der Waals surface area contributed by atoms with Crippen LogP contribution in [0.1, 0.15) is 34.6 Å². The van der Waals surface area contributed by atoms with Crippen molar-refractivity contribution < 1.29 is 9.59 Å². The van der Waals surface area contributed by atoms with Crippen LogP contribution in [0.3, 0.4) is 0 Å². The van der Waals surface area contributed by atoms with Gasteiger partial charge in [-0.15, -0.1) is 11.8 Å². The predicted octanol–water partition coefficient (Wildman–Crippen LogP) is 3.52. The third-order valence-electron chi connectivity index (χ3n) is 4.05. The second-order valence-electron chi connectivity index (χ2n) is 7.29. The van der Waals surface area contributed by atoms with E-state index in [-0.39, 0.29) is 17.4 Å². The summed E-state index contributed by atoms with van der Waals surface area (Å²) in [5.41, 5.74) is 0.786. The molecule has 0 aliphatic carbocycles. The fourth-order valence-electron chi connectivity index (χ4n) is 2.88. The number of benzene rings is 1. The molecule has 2 rings (SSSR count). The summed E-state index contributed by atoms with van der Waals surface area (Å²) in [4.78, 5) is 27.5. The van der Waals surface area contributed by atoms with Gasteiger partial charge in [-0.25, -0.2) is 0 Å². The lowest BCUT2D eigenvalue weighted by atomic mass is 10.1. The summed E-state index contributed by atoms with van der Waals surface area (Å²) in [6.45, 7) is 11.6. The first-order valence-corrected chi connectivity index (χ1v) is 10.0. The summed E-state index contributed by atoms with van der Waals surface area (Å²) in [6.07, 6.45) is 1.99. The number of rotatable bonds is 7. The smallest absolute Gasteiger partial charge is 0.242 e. The first-order chi connectivity index (χ1) is 12.2. The van der Waals surface area contributed by atoms with Gasteiger partial charge in [0.05, 0.1) is 5.75 Å². The van der Waals surface area contributed by atoms with E-state index in [0.717, 1.165) is 15.8 Å². The van der Waals surface area contributed by atoms with Crippen LogP contribution in [0.2, 0.25) is 0 Å². The average Bonchev–Trinajstić information content (AvgIpc) is 2.91. The molecule has 5 nitrogen and oxygen atoms in total. The molecule has 0 unspecified atom stereocenters. The van der Waals surface area contributed by atoms with E-state index in [4.69, 9.17) is 0 Å². The van der Waals surface area contributed by atoms with Crippen molar-refractivity contribution in [2.75, 3.05) is 18.8 Å². The van der Waals surface area contributed by atoms with Crippen LogP contribution in [0.15, 0.2) is 35.4 Å². The van der Waals surface area contributed by atoms with Gasteiger partial charge in [-0.1, -0.05) is 18.2 Å². The summed E-state index contributed by atoms with van der Waals surface area (Å²) < 4.78 is 1.99. The molecule has 142 valence electrons. The van der Waals surface area contributed by atoms with Gasteiger partial charge in [0.1, 0.15) is 6.54 Å². The molecule has 1 N–H and O–H groups in total. The van der Waals surface area contributed by atoms with Crippen LogP contribution in [-0.2, 0) is 16.1 Å². The van der Waals surface area contributed by atoms with Gasteiger partial charge in [-0.05, 0) is 40.7 Å². The molecule has 0 bridgehead atoms. The number of hydrogen-bond donors (Lipinski definition) is 1. The first-order valence-electron chi connectivity index (χ1n) is 9.04. The molecular formula is C20H29N3O2S. The second-order valence-corrected chi connectivity index (χ2v) is 8.31. The van der Waals surface area contributed by atoms with Crippen molar-refractivity contribution in [2.24, 2.45) is 0 Å². The molecule has 26 heavy (non-hydrogen) atoms. The molecule has 1 aromatic carbocycles. The maximum Gasteiger partial charge on any atom is 0.242 e. The minimum Gasteiger partial charge on any atom is -0.351 e. The Labute approximate surface area is 160 Å². The second kappa shape index (κ2) is 8.62. The zero-order chi connectivity index (χ0) is 19.3. The molecule has 0 fully saturated rings. The number of likely N-dealkylation sites (N-methyl/N-ethyl adjacent to an activating group) is 1. The summed E-state index contributed by atoms with van der Waals surface area (Å²) in [6, 6.07) is 8.02. The highest BCUT2D eigenvalue weighted by Gasteiger charge is 2.17. The third-order valence-corrected chi connectivity index (χ3v) is 5.09. The largest absolute Gasteiger partial charge is 0.351 e. The number of amides is 2. The minimum atomic E-state index is -0.234. The van der Waals surface area contributed by atoms with Crippen molar-refractivity contribution in [3.8, 4) is 0 Å². The van der Waals surface area contributed by atoms with E-state index in [0.29, 0.717) is 25.4 Å². The molecule has 1 aromatic heterocycles. The van der Waals surface area contributed by atoms with E-state index in [1.807, 2.05) is 74.5 Å². The molecule has 0 saturated heterocycles. The van der Waals surface area contributed by atoms with Crippen molar-refractivity contribution in [2.45, 2.75) is 51.6 Å². The number of fused-ring (bicyclic) bond motifs is 1. The molecule has 2 aromatic rings. The van der Waals surface area contributed by atoms with Crippen molar-refractivity contribution in [3.05, 3.63) is 30.5 Å². The lowest BCUT2D eigenvalue weighted by Crippen LogP contribution is -2.41. The maximum atomic E-state index is 12.5. The average molecular weight is 376 g/mol. The van der Waals surface area contributed by atoms with E-state index in [9.17, 15) is 9.59 Å². The standard InChI is InChI=1S/C20H29N3O2S/c1-6-22(7-2)19(25)13-23-12-17(15-10-8-9-11-16(15)23)26-14-18(24)21-20(3,4)5/h8-12H,6-7,13-14H2,1-5H3,(H,21,24). The predicted molar refractivity (Wildman–Crippen MR) is 108 cm³/mol. The van der Waals surface area contributed by atoms with Gasteiger partial charge in [0, 0.05) is 40.6 Å². The Bertz CT molecular complexity index is 773.